The van der Waals surface area contributed by atoms with Crippen LogP contribution in [-0.4, -0.2) is 37.2 Å². The maximum absolute atomic E-state index is 12.8. The number of furan rings is 1. The molecule has 0 bridgehead atoms. The number of rotatable bonds is 4. The second-order valence-corrected chi connectivity index (χ2v) is 7.41. The van der Waals surface area contributed by atoms with Crippen molar-refractivity contribution in [2.45, 2.75) is 19.5 Å². The number of halogens is 1. The zero-order valence-corrected chi connectivity index (χ0v) is 17.2. The molecule has 0 aliphatic carbocycles. The Balaban J connectivity index is 1.59. The maximum atomic E-state index is 12.8. The van der Waals surface area contributed by atoms with E-state index in [1.165, 1.54) is 15.6 Å². The van der Waals surface area contributed by atoms with Gasteiger partial charge in [-0.15, -0.1) is 0 Å². The lowest BCUT2D eigenvalue weighted by Crippen LogP contribution is -2.35. The molecule has 0 spiro atoms. The van der Waals surface area contributed by atoms with E-state index in [0.29, 0.717) is 21.4 Å². The van der Waals surface area contributed by atoms with E-state index in [9.17, 15) is 9.59 Å². The quantitative estimate of drug-likeness (QED) is 0.483. The normalized spacial score (nSPS) is 12.6. The first-order valence-electron chi connectivity index (χ1n) is 8.68. The largest absolute Gasteiger partial charge is 0.459 e. The third-order valence-corrected chi connectivity index (χ3v) is 5.46. The molecule has 1 amide bonds. The molecule has 28 heavy (non-hydrogen) atoms. The molecule has 0 saturated carbocycles. The van der Waals surface area contributed by atoms with Crippen molar-refractivity contribution >= 4 is 43.8 Å². The highest BCUT2D eigenvalue weighted by Gasteiger charge is 2.22. The third kappa shape index (κ3) is 3.01. The van der Waals surface area contributed by atoms with Crippen molar-refractivity contribution in [3.8, 4) is 0 Å². The SMILES string of the molecule is CC(c1cc2ccccc2o1)N(C)C(=O)Cn1cnc2c(c(Br)nn2C)c1=O. The standard InChI is InChI=1S/C19H18BrN5O3/c1-11(14-8-12-6-4-5-7-13(12)28-14)23(2)15(26)9-25-10-21-18-16(19(25)27)17(20)22-24(18)3/h4-8,10-11H,9H2,1-3H3. The van der Waals surface area contributed by atoms with E-state index < -0.39 is 0 Å². The predicted octanol–water partition coefficient (Wildman–Crippen LogP) is 2.86. The van der Waals surface area contributed by atoms with Crippen LogP contribution in [0.3, 0.4) is 0 Å². The van der Waals surface area contributed by atoms with Gasteiger partial charge in [-0.25, -0.2) is 9.67 Å². The second kappa shape index (κ2) is 6.90. The van der Waals surface area contributed by atoms with Gasteiger partial charge in [0.2, 0.25) is 5.91 Å². The average molecular weight is 444 g/mol. The van der Waals surface area contributed by atoms with Crippen molar-refractivity contribution in [3.05, 3.63) is 57.4 Å². The van der Waals surface area contributed by atoms with Crippen molar-refractivity contribution in [3.63, 3.8) is 0 Å². The summed E-state index contributed by atoms with van der Waals surface area (Å²) in [4.78, 5) is 31.3. The van der Waals surface area contributed by atoms with E-state index in [4.69, 9.17) is 4.42 Å². The summed E-state index contributed by atoms with van der Waals surface area (Å²) >= 11 is 3.28. The Kier molecular flexibility index (Phi) is 4.54. The van der Waals surface area contributed by atoms with Gasteiger partial charge in [0.1, 0.15) is 34.2 Å². The number of likely N-dealkylation sites (N-methyl/N-ethyl adjacent to an activating group) is 1. The van der Waals surface area contributed by atoms with Gasteiger partial charge in [0.05, 0.1) is 6.04 Å². The molecule has 3 aromatic heterocycles. The minimum Gasteiger partial charge on any atom is -0.459 e. The highest BCUT2D eigenvalue weighted by atomic mass is 79.9. The van der Waals surface area contributed by atoms with Crippen LogP contribution in [0.1, 0.15) is 18.7 Å². The number of nitrogens with zero attached hydrogens (tertiary/aromatic N) is 5. The van der Waals surface area contributed by atoms with Crippen LogP contribution in [0.4, 0.5) is 0 Å². The van der Waals surface area contributed by atoms with Crippen LogP contribution in [0, 0.1) is 0 Å². The van der Waals surface area contributed by atoms with E-state index in [1.807, 2.05) is 37.3 Å². The number of amides is 1. The number of carbonyl (C=O) groups is 1. The van der Waals surface area contributed by atoms with Crippen LogP contribution in [0.2, 0.25) is 0 Å². The Morgan fingerprint density at radius 2 is 2.11 bits per heavy atom. The first-order valence-corrected chi connectivity index (χ1v) is 9.48. The summed E-state index contributed by atoms with van der Waals surface area (Å²) in [6.45, 7) is 1.77. The minimum atomic E-state index is -0.317. The highest BCUT2D eigenvalue weighted by molar-refractivity contribution is 9.10. The van der Waals surface area contributed by atoms with Gasteiger partial charge in [-0.3, -0.25) is 14.2 Å². The number of para-hydroxylation sites is 1. The van der Waals surface area contributed by atoms with Gasteiger partial charge in [-0.1, -0.05) is 18.2 Å². The van der Waals surface area contributed by atoms with Gasteiger partial charge in [0, 0.05) is 19.5 Å². The number of carbonyl (C=O) groups excluding carboxylic acids is 1. The zero-order chi connectivity index (χ0) is 20.0. The third-order valence-electron chi connectivity index (χ3n) is 4.90. The van der Waals surface area contributed by atoms with Gasteiger partial charge in [0.15, 0.2) is 5.65 Å². The molecule has 1 aromatic carbocycles. The van der Waals surface area contributed by atoms with Crippen molar-refractivity contribution in [2.75, 3.05) is 7.05 Å². The van der Waals surface area contributed by atoms with Gasteiger partial charge < -0.3 is 9.32 Å². The number of hydrogen-bond donors (Lipinski definition) is 0. The maximum Gasteiger partial charge on any atom is 0.266 e. The number of aryl methyl sites for hydroxylation is 1. The monoisotopic (exact) mass is 443 g/mol. The van der Waals surface area contributed by atoms with Crippen molar-refractivity contribution < 1.29 is 9.21 Å². The molecule has 9 heteroatoms. The van der Waals surface area contributed by atoms with Crippen LogP contribution in [0.25, 0.3) is 22.0 Å². The molecule has 0 saturated heterocycles. The van der Waals surface area contributed by atoms with E-state index in [0.717, 1.165) is 11.0 Å². The summed E-state index contributed by atoms with van der Waals surface area (Å²) in [5.41, 5.74) is 0.921. The molecule has 8 nitrogen and oxygen atoms in total. The van der Waals surface area contributed by atoms with E-state index in [1.54, 1.807) is 19.0 Å². The fourth-order valence-corrected chi connectivity index (χ4v) is 3.71. The smallest absolute Gasteiger partial charge is 0.266 e. The molecule has 0 radical (unpaired) electrons. The Hall–Kier alpha value is -2.94. The summed E-state index contributed by atoms with van der Waals surface area (Å²) in [5.74, 6) is 0.462. The molecular weight excluding hydrogens is 426 g/mol. The summed E-state index contributed by atoms with van der Waals surface area (Å²) in [5, 5.41) is 5.48. The van der Waals surface area contributed by atoms with Crippen LogP contribution < -0.4 is 5.56 Å². The fraction of sp³-hybridized carbons (Fsp3) is 0.263. The molecular formula is C19H18BrN5O3. The Morgan fingerprint density at radius 1 is 1.36 bits per heavy atom. The van der Waals surface area contributed by atoms with Crippen molar-refractivity contribution in [2.24, 2.45) is 7.05 Å². The summed E-state index contributed by atoms with van der Waals surface area (Å²) in [6.07, 6.45) is 1.37. The minimum absolute atomic E-state index is 0.121. The van der Waals surface area contributed by atoms with Crippen molar-refractivity contribution in [1.29, 1.82) is 0 Å². The van der Waals surface area contributed by atoms with Gasteiger partial charge >= 0.3 is 0 Å². The summed E-state index contributed by atoms with van der Waals surface area (Å²) in [7, 11) is 3.40. The number of benzene rings is 1. The molecule has 4 rings (SSSR count). The van der Waals surface area contributed by atoms with E-state index in [-0.39, 0.29) is 24.1 Å². The Labute approximate surface area is 168 Å². The Bertz CT molecular complexity index is 1220. The second-order valence-electron chi connectivity index (χ2n) is 6.66. The summed E-state index contributed by atoms with van der Waals surface area (Å²) in [6, 6.07) is 9.34. The summed E-state index contributed by atoms with van der Waals surface area (Å²) < 4.78 is 9.08. The molecule has 3 heterocycles. The lowest BCUT2D eigenvalue weighted by atomic mass is 10.2. The predicted molar refractivity (Wildman–Crippen MR) is 108 cm³/mol. The van der Waals surface area contributed by atoms with Gasteiger partial charge in [-0.2, -0.15) is 5.10 Å². The average Bonchev–Trinajstić information content (AvgIpc) is 3.23. The van der Waals surface area contributed by atoms with Crippen LogP contribution >= 0.6 is 15.9 Å². The van der Waals surface area contributed by atoms with Gasteiger partial charge in [0.25, 0.3) is 5.56 Å². The molecule has 0 aliphatic heterocycles. The van der Waals surface area contributed by atoms with Crippen LogP contribution in [-0.2, 0) is 18.4 Å². The Morgan fingerprint density at radius 3 is 2.86 bits per heavy atom. The molecule has 0 fully saturated rings. The molecule has 0 aliphatic rings. The van der Waals surface area contributed by atoms with Crippen LogP contribution in [0.5, 0.6) is 0 Å². The topological polar surface area (TPSA) is 86.2 Å². The van der Waals surface area contributed by atoms with Gasteiger partial charge in [-0.05, 0) is 35.0 Å². The number of hydrogen-bond acceptors (Lipinski definition) is 5. The lowest BCUT2D eigenvalue weighted by Gasteiger charge is -2.23. The van der Waals surface area contributed by atoms with Crippen molar-refractivity contribution in [1.82, 2.24) is 24.2 Å². The highest BCUT2D eigenvalue weighted by Crippen LogP contribution is 2.26. The zero-order valence-electron chi connectivity index (χ0n) is 15.6. The first kappa shape index (κ1) is 18.4. The number of fused-ring (bicyclic) bond motifs is 2. The molecule has 0 N–H and O–H groups in total. The molecule has 1 atom stereocenters. The lowest BCUT2D eigenvalue weighted by molar-refractivity contribution is -0.132. The number of aromatic nitrogens is 4. The fourth-order valence-electron chi connectivity index (χ4n) is 3.12. The van der Waals surface area contributed by atoms with E-state index >= 15 is 0 Å². The first-order chi connectivity index (χ1) is 13.4. The van der Waals surface area contributed by atoms with Crippen LogP contribution in [0.15, 0.2) is 50.5 Å². The molecule has 4 aromatic rings. The van der Waals surface area contributed by atoms with E-state index in [2.05, 4.69) is 26.0 Å². The molecule has 1 unspecified atom stereocenters. The molecule has 144 valence electrons.